The number of aliphatic hydroxyl groups is 1. The summed E-state index contributed by atoms with van der Waals surface area (Å²) in [6.45, 7) is 2.26. The fourth-order valence-corrected chi connectivity index (χ4v) is 8.56. The van der Waals surface area contributed by atoms with Gasteiger partial charge in [-0.1, -0.05) is 37.3 Å². The van der Waals surface area contributed by atoms with Crippen molar-refractivity contribution in [3.8, 4) is 5.75 Å². The van der Waals surface area contributed by atoms with Crippen LogP contribution in [0.1, 0.15) is 72.0 Å². The number of aryl methyl sites for hydroxylation is 1. The van der Waals surface area contributed by atoms with Gasteiger partial charge in [0.2, 0.25) is 0 Å². The Labute approximate surface area is 195 Å². The van der Waals surface area contributed by atoms with Crippen molar-refractivity contribution in [3.05, 3.63) is 64.7 Å². The summed E-state index contributed by atoms with van der Waals surface area (Å²) >= 11 is 0. The minimum atomic E-state index is -3.55. The van der Waals surface area contributed by atoms with Crippen LogP contribution in [0.2, 0.25) is 0 Å². The summed E-state index contributed by atoms with van der Waals surface area (Å²) in [6, 6.07) is 13.4. The molecule has 33 heavy (non-hydrogen) atoms. The zero-order chi connectivity index (χ0) is 23.2. The van der Waals surface area contributed by atoms with Gasteiger partial charge >= 0.3 is 10.1 Å². The number of hydrogen-bond donors (Lipinski definition) is 1. The Bertz CT molecular complexity index is 1270. The van der Waals surface area contributed by atoms with E-state index in [2.05, 4.69) is 6.92 Å². The third-order valence-corrected chi connectivity index (χ3v) is 9.90. The average Bonchev–Trinajstić information content (AvgIpc) is 3.00. The number of rotatable bonds is 2. The van der Waals surface area contributed by atoms with Crippen LogP contribution in [-0.2, 0) is 22.1 Å². The molecule has 0 aromatic heterocycles. The summed E-state index contributed by atoms with van der Waals surface area (Å²) in [5.74, 6) is 1.72. The summed E-state index contributed by atoms with van der Waals surface area (Å²) in [4.78, 5) is 12.9. The highest BCUT2D eigenvalue weighted by Crippen LogP contribution is 2.70. The lowest BCUT2D eigenvalue weighted by Crippen LogP contribution is -2.52. The molecule has 2 aromatic carbocycles. The first-order valence-electron chi connectivity index (χ1n) is 12.0. The Balaban J connectivity index is 1.37. The summed E-state index contributed by atoms with van der Waals surface area (Å²) in [6.07, 6.45) is 6.18. The van der Waals surface area contributed by atoms with Crippen LogP contribution in [0.15, 0.2) is 42.5 Å². The van der Waals surface area contributed by atoms with Crippen molar-refractivity contribution in [3.63, 3.8) is 0 Å². The van der Waals surface area contributed by atoms with Crippen molar-refractivity contribution in [1.29, 1.82) is 0 Å². The molecule has 2 fully saturated rings. The normalized spacial score (nSPS) is 36.8. The molecule has 4 aliphatic rings. The lowest BCUT2D eigenvalue weighted by atomic mass is 9.51. The molecule has 2 saturated carbocycles. The van der Waals surface area contributed by atoms with E-state index in [-0.39, 0.29) is 17.1 Å². The van der Waals surface area contributed by atoms with Crippen molar-refractivity contribution in [2.75, 3.05) is 6.26 Å². The Kier molecular flexibility index (Phi) is 4.48. The molecule has 0 amide bonds. The van der Waals surface area contributed by atoms with E-state index in [9.17, 15) is 18.3 Å². The van der Waals surface area contributed by atoms with Crippen LogP contribution >= 0.6 is 0 Å². The summed E-state index contributed by atoms with van der Waals surface area (Å²) in [5, 5.41) is 12.3. The van der Waals surface area contributed by atoms with Crippen molar-refractivity contribution < 1.29 is 22.5 Å². The maximum atomic E-state index is 12.9. The molecule has 0 spiro atoms. The maximum Gasteiger partial charge on any atom is 0.306 e. The van der Waals surface area contributed by atoms with Crippen molar-refractivity contribution >= 4 is 15.9 Å². The molecule has 6 heteroatoms. The Hall–Kier alpha value is -2.18. The predicted molar refractivity (Wildman–Crippen MR) is 125 cm³/mol. The zero-order valence-corrected chi connectivity index (χ0v) is 19.9. The number of carbonyl (C=O) groups excluding carboxylic acids is 1. The highest BCUT2D eigenvalue weighted by atomic mass is 32.2. The van der Waals surface area contributed by atoms with Gasteiger partial charge in [0, 0.05) is 17.4 Å². The standard InChI is InChI=1S/C27H30O5S/c1-26-12-11-20-19-10-8-18(32-33(2,30)31)13-16(19)7-9-21(20)24(26)14-17-15-25(28)22-5-3-4-6-23(22)27(17,26)29/h3-6,8,10,13,17,20-21,24,29H,7,9,11-12,14-15H2,1-2H3/t17-,20+,21+,24-,26-,27+/m0/s1. The van der Waals surface area contributed by atoms with E-state index in [4.69, 9.17) is 4.18 Å². The summed E-state index contributed by atoms with van der Waals surface area (Å²) in [5.41, 5.74) is 2.80. The first-order valence-corrected chi connectivity index (χ1v) is 13.8. The smallest absolute Gasteiger partial charge is 0.306 e. The SMILES string of the molecule is C[C@]12CC[C@@H]3c4ccc(OS(C)(=O)=O)cc4CC[C@H]3[C@@H]1C[C@H]1CC(=O)c3ccccc3[C@]12O. The first-order chi connectivity index (χ1) is 15.6. The average molecular weight is 467 g/mol. The van der Waals surface area contributed by atoms with E-state index in [0.29, 0.717) is 35.5 Å². The molecule has 1 N–H and O–H groups in total. The van der Waals surface area contributed by atoms with E-state index in [1.807, 2.05) is 36.4 Å². The minimum Gasteiger partial charge on any atom is -0.384 e. The number of benzene rings is 2. The Morgan fingerprint density at radius 3 is 2.70 bits per heavy atom. The predicted octanol–water partition coefficient (Wildman–Crippen LogP) is 4.58. The molecule has 174 valence electrons. The minimum absolute atomic E-state index is 0.0272. The molecule has 2 aromatic rings. The van der Waals surface area contributed by atoms with E-state index in [1.165, 1.54) is 11.1 Å². The Morgan fingerprint density at radius 2 is 1.91 bits per heavy atom. The van der Waals surface area contributed by atoms with Gasteiger partial charge < -0.3 is 9.29 Å². The number of Topliss-reactive ketones (excluding diaryl/α,β-unsaturated/α-hetero) is 1. The molecule has 0 aliphatic heterocycles. The van der Waals surface area contributed by atoms with Gasteiger partial charge in [0.25, 0.3) is 0 Å². The van der Waals surface area contributed by atoms with Crippen LogP contribution in [0.4, 0.5) is 0 Å². The molecule has 4 aliphatic carbocycles. The third-order valence-electron chi connectivity index (χ3n) is 9.41. The highest BCUT2D eigenvalue weighted by molar-refractivity contribution is 7.86. The summed E-state index contributed by atoms with van der Waals surface area (Å²) in [7, 11) is -3.55. The van der Waals surface area contributed by atoms with Crippen LogP contribution < -0.4 is 4.18 Å². The number of hydrogen-bond acceptors (Lipinski definition) is 5. The second-order valence-electron chi connectivity index (χ2n) is 10.9. The molecule has 0 bridgehead atoms. The molecule has 0 heterocycles. The van der Waals surface area contributed by atoms with Crippen LogP contribution in [0.5, 0.6) is 5.75 Å². The number of fused-ring (bicyclic) bond motifs is 9. The van der Waals surface area contributed by atoms with Gasteiger partial charge in [0.1, 0.15) is 5.75 Å². The van der Waals surface area contributed by atoms with E-state index in [1.54, 1.807) is 6.07 Å². The molecular formula is C27H30O5S. The van der Waals surface area contributed by atoms with Crippen LogP contribution in [0.25, 0.3) is 0 Å². The molecular weight excluding hydrogens is 436 g/mol. The highest BCUT2D eigenvalue weighted by Gasteiger charge is 2.67. The van der Waals surface area contributed by atoms with Crippen LogP contribution in [0, 0.1) is 23.2 Å². The number of carbonyl (C=O) groups is 1. The largest absolute Gasteiger partial charge is 0.384 e. The molecule has 5 nitrogen and oxygen atoms in total. The quantitative estimate of drug-likeness (QED) is 0.655. The van der Waals surface area contributed by atoms with Gasteiger partial charge in [0.05, 0.1) is 11.9 Å². The molecule has 6 atom stereocenters. The van der Waals surface area contributed by atoms with Gasteiger partial charge in [-0.15, -0.1) is 0 Å². The molecule has 0 radical (unpaired) electrons. The fourth-order valence-electron chi connectivity index (χ4n) is 8.11. The lowest BCUT2D eigenvalue weighted by Gasteiger charge is -2.54. The molecule has 6 rings (SSSR count). The van der Waals surface area contributed by atoms with Gasteiger partial charge in [0.15, 0.2) is 5.78 Å². The topological polar surface area (TPSA) is 80.7 Å². The molecule has 0 unspecified atom stereocenters. The van der Waals surface area contributed by atoms with Gasteiger partial charge in [-0.05, 0) is 84.6 Å². The van der Waals surface area contributed by atoms with Gasteiger partial charge in [-0.3, -0.25) is 4.79 Å². The maximum absolute atomic E-state index is 12.9. The van der Waals surface area contributed by atoms with Crippen LogP contribution in [-0.4, -0.2) is 25.6 Å². The van der Waals surface area contributed by atoms with Gasteiger partial charge in [-0.2, -0.15) is 8.42 Å². The van der Waals surface area contributed by atoms with Crippen LogP contribution in [0.3, 0.4) is 0 Å². The monoisotopic (exact) mass is 466 g/mol. The van der Waals surface area contributed by atoms with Crippen molar-refractivity contribution in [1.82, 2.24) is 0 Å². The van der Waals surface area contributed by atoms with E-state index in [0.717, 1.165) is 43.9 Å². The second-order valence-corrected chi connectivity index (χ2v) is 12.5. The van der Waals surface area contributed by atoms with E-state index < -0.39 is 15.7 Å². The second kappa shape index (κ2) is 6.92. The fraction of sp³-hybridized carbons (Fsp3) is 0.519. The van der Waals surface area contributed by atoms with Crippen molar-refractivity contribution in [2.24, 2.45) is 23.2 Å². The first kappa shape index (κ1) is 21.4. The lowest BCUT2D eigenvalue weighted by molar-refractivity contribution is -0.130. The number of ketones is 1. The Morgan fingerprint density at radius 1 is 1.12 bits per heavy atom. The molecule has 0 saturated heterocycles. The third kappa shape index (κ3) is 2.93. The van der Waals surface area contributed by atoms with E-state index >= 15 is 0 Å². The summed E-state index contributed by atoms with van der Waals surface area (Å²) < 4.78 is 28.2. The zero-order valence-electron chi connectivity index (χ0n) is 19.1. The van der Waals surface area contributed by atoms with Crippen molar-refractivity contribution in [2.45, 2.75) is 57.0 Å². The van der Waals surface area contributed by atoms with Gasteiger partial charge in [-0.25, -0.2) is 0 Å².